The van der Waals surface area contributed by atoms with Gasteiger partial charge >= 0.3 is 0 Å². The number of aliphatic hydroxyl groups excluding tert-OH is 1. The number of carbonyl (C=O) groups is 1. The number of carbonyl (C=O) groups excluding carboxylic acids is 1. The molecule has 2 aromatic heterocycles. The monoisotopic (exact) mass is 810 g/mol. The molecule has 5 rings (SSSR count). The number of fused-ring (bicyclic) bond motifs is 4. The van der Waals surface area contributed by atoms with Crippen molar-refractivity contribution < 1.29 is 30.0 Å². The fourth-order valence-electron chi connectivity index (χ4n) is 6.63. The van der Waals surface area contributed by atoms with Crippen molar-refractivity contribution in [3.05, 3.63) is 95.1 Å². The standard InChI is InChI=1S/C29H29N2.C13H24O2.Ir/c1-18(2)15-22-9-10-25-24-13-14-30-29(26(24)11-12-28(25)31-22)21-16-20-7-5-6-8-23(20)27(17-21)19(3)4;1-5-10(6-2)12(14)9-13(15)11(7-3)8-4;/h5-10,13-14,17-19H,11-12,15H2,1-4H3;9-11,14H,5-8H2,1-4H3;/q-1;;/b;12-9-;. The Kier molecular flexibility index (Phi) is 14.6. The van der Waals surface area contributed by atoms with Crippen molar-refractivity contribution in [2.45, 2.75) is 106 Å². The minimum Gasteiger partial charge on any atom is -0.512 e. The second-order valence-corrected chi connectivity index (χ2v) is 13.4. The number of aliphatic hydroxyl groups is 1. The quantitative estimate of drug-likeness (QED) is 0.0931. The molecular formula is C42H53IrN2O2-. The molecule has 1 N–H and O–H groups in total. The molecule has 0 amide bonds. The van der Waals surface area contributed by atoms with Crippen molar-refractivity contribution in [2.75, 3.05) is 0 Å². The van der Waals surface area contributed by atoms with Crippen LogP contribution in [0.4, 0.5) is 0 Å². The second-order valence-electron chi connectivity index (χ2n) is 13.4. The number of hydrogen-bond acceptors (Lipinski definition) is 4. The van der Waals surface area contributed by atoms with E-state index in [-0.39, 0.29) is 43.5 Å². The van der Waals surface area contributed by atoms with Gasteiger partial charge in [0, 0.05) is 66.9 Å². The van der Waals surface area contributed by atoms with Gasteiger partial charge in [-0.2, -0.15) is 0 Å². The molecule has 1 aliphatic carbocycles. The Morgan fingerprint density at radius 2 is 1.57 bits per heavy atom. The van der Waals surface area contributed by atoms with Crippen LogP contribution >= 0.6 is 0 Å². The zero-order valence-electron chi connectivity index (χ0n) is 29.6. The summed E-state index contributed by atoms with van der Waals surface area (Å²) >= 11 is 0. The van der Waals surface area contributed by atoms with Crippen LogP contribution in [0.5, 0.6) is 0 Å². The second kappa shape index (κ2) is 17.9. The molecule has 0 bridgehead atoms. The zero-order chi connectivity index (χ0) is 33.4. The molecule has 2 aromatic carbocycles. The van der Waals surface area contributed by atoms with E-state index in [1.165, 1.54) is 50.5 Å². The van der Waals surface area contributed by atoms with E-state index < -0.39 is 0 Å². The van der Waals surface area contributed by atoms with E-state index in [0.717, 1.165) is 56.2 Å². The van der Waals surface area contributed by atoms with E-state index in [1.54, 1.807) is 0 Å². The molecule has 0 atom stereocenters. The van der Waals surface area contributed by atoms with Crippen LogP contribution in [0.3, 0.4) is 0 Å². The Balaban J connectivity index is 0.000000322. The average molecular weight is 810 g/mol. The third-order valence-electron chi connectivity index (χ3n) is 9.37. The van der Waals surface area contributed by atoms with E-state index in [1.807, 2.05) is 33.9 Å². The maximum atomic E-state index is 11.7. The summed E-state index contributed by atoms with van der Waals surface area (Å²) in [5, 5.41) is 12.2. The maximum absolute atomic E-state index is 11.7. The number of pyridine rings is 2. The van der Waals surface area contributed by atoms with Crippen molar-refractivity contribution >= 4 is 16.6 Å². The van der Waals surface area contributed by atoms with Crippen LogP contribution in [0, 0.1) is 23.8 Å². The first-order chi connectivity index (χ1) is 22.1. The van der Waals surface area contributed by atoms with Gasteiger partial charge in [0.1, 0.15) is 0 Å². The average Bonchev–Trinajstić information content (AvgIpc) is 3.04. The Morgan fingerprint density at radius 1 is 0.894 bits per heavy atom. The van der Waals surface area contributed by atoms with Crippen LogP contribution < -0.4 is 0 Å². The van der Waals surface area contributed by atoms with E-state index in [2.05, 4.69) is 82.3 Å². The van der Waals surface area contributed by atoms with Crippen LogP contribution in [0.2, 0.25) is 0 Å². The molecule has 0 saturated carbocycles. The van der Waals surface area contributed by atoms with Crippen molar-refractivity contribution in [2.24, 2.45) is 17.8 Å². The van der Waals surface area contributed by atoms with E-state index >= 15 is 0 Å². The summed E-state index contributed by atoms with van der Waals surface area (Å²) in [5.74, 6) is 1.61. The van der Waals surface area contributed by atoms with E-state index in [0.29, 0.717) is 11.8 Å². The molecule has 253 valence electrons. The number of nitrogens with zero attached hydrogens (tertiary/aromatic N) is 2. The number of aromatic nitrogens is 2. The Hall–Kier alpha value is -3.14. The summed E-state index contributed by atoms with van der Waals surface area (Å²) in [6, 6.07) is 21.2. The molecule has 0 fully saturated rings. The summed E-state index contributed by atoms with van der Waals surface area (Å²) in [6.45, 7) is 17.1. The number of rotatable bonds is 11. The Labute approximate surface area is 296 Å². The van der Waals surface area contributed by atoms with Crippen LogP contribution in [0.1, 0.15) is 110 Å². The zero-order valence-corrected chi connectivity index (χ0v) is 32.0. The normalized spacial score (nSPS) is 12.6. The molecular weight excluding hydrogens is 757 g/mol. The molecule has 5 heteroatoms. The molecule has 0 unspecified atom stereocenters. The molecule has 2 heterocycles. The smallest absolute Gasteiger partial charge is 0.162 e. The number of allylic oxidation sites excluding steroid dienone is 2. The first-order valence-corrected chi connectivity index (χ1v) is 17.5. The third-order valence-corrected chi connectivity index (χ3v) is 9.37. The van der Waals surface area contributed by atoms with Crippen LogP contribution in [0.15, 0.2) is 66.6 Å². The first-order valence-electron chi connectivity index (χ1n) is 17.5. The SMILES string of the molecule is CC(C)Cc1ccc2c(n1)CCc1c-2ccnc1-c1[c-]c2ccccc2c(C(C)C)c1.CCC(CC)C(=O)/C=C(\O)C(CC)CC.[Ir]. The minimum absolute atomic E-state index is 0. The molecule has 0 spiro atoms. The van der Waals surface area contributed by atoms with Gasteiger partial charge in [-0.1, -0.05) is 90.6 Å². The molecule has 4 nitrogen and oxygen atoms in total. The summed E-state index contributed by atoms with van der Waals surface area (Å²) in [4.78, 5) is 21.6. The molecule has 0 saturated heterocycles. The first kappa shape index (κ1) is 38.3. The molecule has 1 aliphatic rings. The van der Waals surface area contributed by atoms with Gasteiger partial charge < -0.3 is 5.11 Å². The molecule has 1 radical (unpaired) electrons. The number of benzene rings is 2. The Bertz CT molecular complexity index is 1670. The van der Waals surface area contributed by atoms with Gasteiger partial charge in [0.15, 0.2) is 5.78 Å². The van der Waals surface area contributed by atoms with Gasteiger partial charge in [-0.25, -0.2) is 0 Å². The van der Waals surface area contributed by atoms with Gasteiger partial charge in [0.25, 0.3) is 0 Å². The Morgan fingerprint density at radius 3 is 2.21 bits per heavy atom. The maximum Gasteiger partial charge on any atom is 0.162 e. The van der Waals surface area contributed by atoms with Crippen molar-refractivity contribution in [1.82, 2.24) is 9.97 Å². The van der Waals surface area contributed by atoms with Gasteiger partial charge in [0.05, 0.1) is 5.76 Å². The van der Waals surface area contributed by atoms with E-state index in [9.17, 15) is 9.90 Å². The van der Waals surface area contributed by atoms with Crippen LogP contribution in [-0.4, -0.2) is 20.9 Å². The van der Waals surface area contributed by atoms with E-state index in [4.69, 9.17) is 9.97 Å². The summed E-state index contributed by atoms with van der Waals surface area (Å²) in [5.41, 5.74) is 9.85. The molecule has 0 aliphatic heterocycles. The number of hydrogen-bond donors (Lipinski definition) is 1. The predicted octanol–water partition coefficient (Wildman–Crippen LogP) is 11.1. The fourth-order valence-corrected chi connectivity index (χ4v) is 6.63. The topological polar surface area (TPSA) is 63.1 Å². The number of ketones is 1. The molecule has 47 heavy (non-hydrogen) atoms. The fraction of sp³-hybridized carbons (Fsp3) is 0.452. The van der Waals surface area contributed by atoms with Crippen molar-refractivity contribution in [3.63, 3.8) is 0 Å². The summed E-state index contributed by atoms with van der Waals surface area (Å²) in [6.07, 6.45) is 9.83. The van der Waals surface area contributed by atoms with Crippen LogP contribution in [-0.2, 0) is 44.2 Å². The van der Waals surface area contributed by atoms with Gasteiger partial charge in [-0.05, 0) is 80.0 Å². The minimum atomic E-state index is 0. The molecule has 4 aromatic rings. The summed E-state index contributed by atoms with van der Waals surface area (Å²) in [7, 11) is 0. The largest absolute Gasteiger partial charge is 0.512 e. The predicted molar refractivity (Wildman–Crippen MR) is 193 cm³/mol. The number of aryl methyl sites for hydroxylation is 1. The van der Waals surface area contributed by atoms with Gasteiger partial charge in [-0.15, -0.1) is 29.1 Å². The third kappa shape index (κ3) is 9.27. The van der Waals surface area contributed by atoms with Gasteiger partial charge in [0.2, 0.25) is 0 Å². The van der Waals surface area contributed by atoms with Crippen LogP contribution in [0.25, 0.3) is 33.2 Å². The van der Waals surface area contributed by atoms with Crippen molar-refractivity contribution in [1.29, 1.82) is 0 Å². The van der Waals surface area contributed by atoms with Crippen molar-refractivity contribution in [3.8, 4) is 22.4 Å². The van der Waals surface area contributed by atoms with Gasteiger partial charge in [-0.3, -0.25) is 14.8 Å². The summed E-state index contributed by atoms with van der Waals surface area (Å²) < 4.78 is 0.